The van der Waals surface area contributed by atoms with Gasteiger partial charge in [0, 0.05) is 7.05 Å². The fraction of sp³-hybridized carbons (Fsp3) is 0.700. The predicted molar refractivity (Wildman–Crippen MR) is 55.7 cm³/mol. The van der Waals surface area contributed by atoms with E-state index in [0.717, 1.165) is 4.90 Å². The van der Waals surface area contributed by atoms with Crippen LogP contribution >= 0.6 is 0 Å². The van der Waals surface area contributed by atoms with Crippen LogP contribution in [-0.2, 0) is 14.4 Å². The quantitative estimate of drug-likeness (QED) is 0.661. The summed E-state index contributed by atoms with van der Waals surface area (Å²) >= 11 is 0. The molecule has 16 heavy (non-hydrogen) atoms. The molecule has 0 aromatic heterocycles. The Morgan fingerprint density at radius 3 is 2.31 bits per heavy atom. The summed E-state index contributed by atoms with van der Waals surface area (Å²) in [4.78, 5) is 36.5. The summed E-state index contributed by atoms with van der Waals surface area (Å²) < 4.78 is 0. The molecule has 0 aromatic rings. The first kappa shape index (κ1) is 12.6. The Balaban J connectivity index is 2.92. The summed E-state index contributed by atoms with van der Waals surface area (Å²) in [6.07, 6.45) is 0.0442. The van der Waals surface area contributed by atoms with Crippen LogP contribution in [0.1, 0.15) is 20.3 Å². The fourth-order valence-electron chi connectivity index (χ4n) is 1.58. The normalized spacial score (nSPS) is 22.1. The van der Waals surface area contributed by atoms with Gasteiger partial charge in [-0.05, 0) is 20.9 Å². The lowest BCUT2D eigenvalue weighted by Gasteiger charge is -2.34. The lowest BCUT2D eigenvalue weighted by Crippen LogP contribution is -2.54. The molecule has 1 rings (SSSR count). The number of carboxylic acid groups (broad SMARTS) is 1. The molecule has 0 bridgehead atoms. The van der Waals surface area contributed by atoms with Gasteiger partial charge in [0.25, 0.3) is 0 Å². The van der Waals surface area contributed by atoms with Gasteiger partial charge in [-0.1, -0.05) is 0 Å². The minimum absolute atomic E-state index is 0.0442. The Kier molecular flexibility index (Phi) is 3.05. The van der Waals surface area contributed by atoms with Gasteiger partial charge >= 0.3 is 5.97 Å². The summed E-state index contributed by atoms with van der Waals surface area (Å²) in [7, 11) is 2.95. The topological polar surface area (TPSA) is 77.9 Å². The summed E-state index contributed by atoms with van der Waals surface area (Å²) in [6, 6.07) is -0.677. The molecule has 6 heteroatoms. The van der Waals surface area contributed by atoms with Crippen molar-refractivity contribution in [2.75, 3.05) is 14.1 Å². The van der Waals surface area contributed by atoms with E-state index in [-0.39, 0.29) is 18.2 Å². The molecule has 90 valence electrons. The van der Waals surface area contributed by atoms with Crippen LogP contribution in [0.3, 0.4) is 0 Å². The van der Waals surface area contributed by atoms with Crippen molar-refractivity contribution in [3.05, 3.63) is 0 Å². The van der Waals surface area contributed by atoms with E-state index in [0.29, 0.717) is 0 Å². The van der Waals surface area contributed by atoms with Crippen molar-refractivity contribution in [2.45, 2.75) is 31.8 Å². The number of likely N-dealkylation sites (tertiary alicyclic amines) is 1. The first-order valence-electron chi connectivity index (χ1n) is 4.96. The molecule has 0 spiro atoms. The van der Waals surface area contributed by atoms with Gasteiger partial charge in [0.1, 0.15) is 5.54 Å². The zero-order chi connectivity index (χ0) is 12.7. The van der Waals surface area contributed by atoms with Crippen LogP contribution in [-0.4, -0.2) is 58.4 Å². The van der Waals surface area contributed by atoms with Crippen molar-refractivity contribution in [1.82, 2.24) is 9.80 Å². The van der Waals surface area contributed by atoms with Gasteiger partial charge in [-0.3, -0.25) is 24.2 Å². The number of rotatable bonds is 3. The third-order valence-electron chi connectivity index (χ3n) is 3.23. The maximum Gasteiger partial charge on any atom is 0.323 e. The van der Waals surface area contributed by atoms with Crippen LogP contribution in [0, 0.1) is 0 Å². The number of nitrogens with zero attached hydrogens (tertiary/aromatic N) is 2. The highest BCUT2D eigenvalue weighted by Gasteiger charge is 2.45. The van der Waals surface area contributed by atoms with E-state index < -0.39 is 17.6 Å². The Morgan fingerprint density at radius 1 is 1.50 bits per heavy atom. The highest BCUT2D eigenvalue weighted by Crippen LogP contribution is 2.23. The maximum absolute atomic E-state index is 11.7. The zero-order valence-electron chi connectivity index (χ0n) is 9.85. The highest BCUT2D eigenvalue weighted by atomic mass is 16.4. The lowest BCUT2D eigenvalue weighted by atomic mass is 10.0. The number of imide groups is 1. The second kappa shape index (κ2) is 3.86. The number of carbonyl (C=O) groups excluding carboxylic acids is 2. The van der Waals surface area contributed by atoms with Gasteiger partial charge in [0.15, 0.2) is 0 Å². The van der Waals surface area contributed by atoms with E-state index in [1.54, 1.807) is 7.05 Å². The van der Waals surface area contributed by atoms with Gasteiger partial charge in [0.2, 0.25) is 11.8 Å². The predicted octanol–water partition coefficient (Wildman–Crippen LogP) is -0.461. The first-order valence-corrected chi connectivity index (χ1v) is 4.96. The smallest absolute Gasteiger partial charge is 0.323 e. The summed E-state index contributed by atoms with van der Waals surface area (Å²) in [5.41, 5.74) is -1.17. The second-order valence-electron chi connectivity index (χ2n) is 4.49. The van der Waals surface area contributed by atoms with Crippen molar-refractivity contribution in [3.63, 3.8) is 0 Å². The lowest BCUT2D eigenvalue weighted by molar-refractivity contribution is -0.151. The van der Waals surface area contributed by atoms with Crippen molar-refractivity contribution in [3.8, 4) is 0 Å². The molecular weight excluding hydrogens is 212 g/mol. The molecule has 1 saturated heterocycles. The number of likely N-dealkylation sites (N-methyl/N-ethyl adjacent to an activating group) is 2. The average molecular weight is 228 g/mol. The summed E-state index contributed by atoms with van der Waals surface area (Å²) in [5.74, 6) is -1.64. The molecule has 6 nitrogen and oxygen atoms in total. The number of aliphatic carboxylic acids is 1. The molecule has 1 N–H and O–H groups in total. The van der Waals surface area contributed by atoms with Crippen LogP contribution in [0.25, 0.3) is 0 Å². The molecule has 1 heterocycles. The molecule has 0 aromatic carbocycles. The third kappa shape index (κ3) is 1.80. The van der Waals surface area contributed by atoms with Gasteiger partial charge in [-0.15, -0.1) is 0 Å². The standard InChI is InChI=1S/C10H16N2O4/c1-10(2,9(15)16)12(4)6-5-7(13)11(3)8(6)14/h6H,5H2,1-4H3,(H,15,16). The molecule has 0 saturated carbocycles. The molecule has 1 atom stereocenters. The van der Waals surface area contributed by atoms with Crippen molar-refractivity contribution in [1.29, 1.82) is 0 Å². The van der Waals surface area contributed by atoms with Gasteiger partial charge in [-0.25, -0.2) is 0 Å². The Labute approximate surface area is 93.8 Å². The highest BCUT2D eigenvalue weighted by molar-refractivity contribution is 6.05. The van der Waals surface area contributed by atoms with Crippen LogP contribution in [0.4, 0.5) is 0 Å². The fourth-order valence-corrected chi connectivity index (χ4v) is 1.58. The van der Waals surface area contributed by atoms with E-state index in [1.807, 2.05) is 0 Å². The van der Waals surface area contributed by atoms with Crippen LogP contribution in [0.15, 0.2) is 0 Å². The molecule has 0 radical (unpaired) electrons. The minimum atomic E-state index is -1.17. The zero-order valence-corrected chi connectivity index (χ0v) is 9.85. The van der Waals surface area contributed by atoms with Crippen LogP contribution in [0.2, 0.25) is 0 Å². The SMILES string of the molecule is CN1C(=O)CC(N(C)C(C)(C)C(=O)O)C1=O. The molecule has 2 amide bonds. The number of hydrogen-bond donors (Lipinski definition) is 1. The first-order chi connectivity index (χ1) is 7.19. The van der Waals surface area contributed by atoms with Crippen LogP contribution in [0.5, 0.6) is 0 Å². The minimum Gasteiger partial charge on any atom is -0.480 e. The molecular formula is C10H16N2O4. The van der Waals surface area contributed by atoms with E-state index in [1.165, 1.54) is 25.8 Å². The summed E-state index contributed by atoms with van der Waals surface area (Å²) in [5, 5.41) is 9.04. The number of hydrogen-bond acceptors (Lipinski definition) is 4. The van der Waals surface area contributed by atoms with Crippen molar-refractivity contribution < 1.29 is 19.5 Å². The average Bonchev–Trinajstić information content (AvgIpc) is 2.44. The van der Waals surface area contributed by atoms with Crippen molar-refractivity contribution in [2.24, 2.45) is 0 Å². The number of carbonyl (C=O) groups is 3. The molecule has 1 fully saturated rings. The van der Waals surface area contributed by atoms with Gasteiger partial charge in [0.05, 0.1) is 12.5 Å². The molecule has 0 aliphatic carbocycles. The third-order valence-corrected chi connectivity index (χ3v) is 3.23. The molecule has 1 aliphatic heterocycles. The monoisotopic (exact) mass is 228 g/mol. The maximum atomic E-state index is 11.7. The molecule has 1 unspecified atom stereocenters. The van der Waals surface area contributed by atoms with E-state index in [2.05, 4.69) is 0 Å². The number of carboxylic acids is 1. The van der Waals surface area contributed by atoms with E-state index >= 15 is 0 Å². The summed E-state index contributed by atoms with van der Waals surface area (Å²) in [6.45, 7) is 3.01. The van der Waals surface area contributed by atoms with E-state index in [9.17, 15) is 14.4 Å². The van der Waals surface area contributed by atoms with E-state index in [4.69, 9.17) is 5.11 Å². The van der Waals surface area contributed by atoms with Gasteiger partial charge < -0.3 is 5.11 Å². The Hall–Kier alpha value is -1.43. The Bertz CT molecular complexity index is 351. The second-order valence-corrected chi connectivity index (χ2v) is 4.49. The largest absolute Gasteiger partial charge is 0.480 e. The van der Waals surface area contributed by atoms with Crippen molar-refractivity contribution >= 4 is 17.8 Å². The number of amides is 2. The molecule has 1 aliphatic rings. The Morgan fingerprint density at radius 2 is 2.00 bits per heavy atom. The van der Waals surface area contributed by atoms with Gasteiger partial charge in [-0.2, -0.15) is 0 Å². The van der Waals surface area contributed by atoms with Crippen LogP contribution < -0.4 is 0 Å².